The van der Waals surface area contributed by atoms with E-state index in [2.05, 4.69) is 9.82 Å². The van der Waals surface area contributed by atoms with Gasteiger partial charge in [0.15, 0.2) is 0 Å². The van der Waals surface area contributed by atoms with Crippen LogP contribution in [0.3, 0.4) is 0 Å². The van der Waals surface area contributed by atoms with Crippen LogP contribution in [0.15, 0.2) is 18.5 Å². The van der Waals surface area contributed by atoms with Gasteiger partial charge in [-0.1, -0.05) is 0 Å². The second-order valence-corrected chi connectivity index (χ2v) is 1.97. The van der Waals surface area contributed by atoms with Crippen LogP contribution in [0.4, 0.5) is 5.69 Å². The minimum atomic E-state index is 0.860. The summed E-state index contributed by atoms with van der Waals surface area (Å²) in [6.07, 6.45) is 3.41. The number of aromatic nitrogens is 1. The Balaban J connectivity index is 3.01. The molecule has 9 heavy (non-hydrogen) atoms. The fraction of sp³-hybridized carbons (Fsp3) is 0.167. The first-order valence-electron chi connectivity index (χ1n) is 2.62. The molecule has 0 unspecified atom stereocenters. The number of halogens is 1. The van der Waals surface area contributed by atoms with Crippen LogP contribution in [0.5, 0.6) is 0 Å². The molecule has 1 heterocycles. The van der Waals surface area contributed by atoms with E-state index in [0.717, 1.165) is 11.3 Å². The second kappa shape index (κ2) is 2.69. The van der Waals surface area contributed by atoms with E-state index < -0.39 is 0 Å². The Bertz CT molecular complexity index is 200. The van der Waals surface area contributed by atoms with Gasteiger partial charge in [-0.15, -0.1) is 0 Å². The van der Waals surface area contributed by atoms with Crippen LogP contribution >= 0.6 is 11.8 Å². The van der Waals surface area contributed by atoms with Gasteiger partial charge < -0.3 is 0 Å². The Morgan fingerprint density at radius 1 is 1.67 bits per heavy atom. The summed E-state index contributed by atoms with van der Waals surface area (Å²) in [4.78, 5) is 6.37. The van der Waals surface area contributed by atoms with Crippen molar-refractivity contribution in [2.75, 3.05) is 4.84 Å². The smallest absolute Gasteiger partial charge is 0.0704 e. The molecule has 0 atom stereocenters. The number of hydrogen-bond donors (Lipinski definition) is 1. The topological polar surface area (TPSA) is 24.9 Å². The molecule has 1 N–H and O–H groups in total. The average Bonchev–Trinajstić information content (AvgIpc) is 1.89. The molecule has 2 nitrogen and oxygen atoms in total. The highest BCUT2D eigenvalue weighted by molar-refractivity contribution is 6.24. The first kappa shape index (κ1) is 6.36. The molecule has 1 aromatic heterocycles. The number of anilines is 1. The normalized spacial score (nSPS) is 9.11. The van der Waals surface area contributed by atoms with E-state index in [1.54, 1.807) is 12.4 Å². The summed E-state index contributed by atoms with van der Waals surface area (Å²) in [5, 5.41) is 0. The van der Waals surface area contributed by atoms with Gasteiger partial charge in [0.25, 0.3) is 0 Å². The zero-order chi connectivity index (χ0) is 6.69. The molecule has 1 rings (SSSR count). The van der Waals surface area contributed by atoms with Crippen molar-refractivity contribution in [3.05, 3.63) is 24.0 Å². The molecule has 0 fully saturated rings. The third-order valence-electron chi connectivity index (χ3n) is 1.14. The maximum atomic E-state index is 5.34. The van der Waals surface area contributed by atoms with E-state index in [9.17, 15) is 0 Å². The highest BCUT2D eigenvalue weighted by Crippen LogP contribution is 2.11. The largest absolute Gasteiger partial charge is 0.297 e. The minimum absolute atomic E-state index is 0.860. The van der Waals surface area contributed by atoms with Crippen molar-refractivity contribution in [3.63, 3.8) is 0 Å². The third kappa shape index (κ3) is 1.33. The van der Waals surface area contributed by atoms with Gasteiger partial charge in [-0.2, -0.15) is 0 Å². The van der Waals surface area contributed by atoms with Gasteiger partial charge in [0.1, 0.15) is 0 Å². The summed E-state index contributed by atoms with van der Waals surface area (Å²) in [5.74, 6) is 0. The van der Waals surface area contributed by atoms with E-state index in [-0.39, 0.29) is 0 Å². The minimum Gasteiger partial charge on any atom is -0.297 e. The summed E-state index contributed by atoms with van der Waals surface area (Å²) in [5.41, 5.74) is 1.96. The van der Waals surface area contributed by atoms with E-state index in [1.165, 1.54) is 0 Å². The third-order valence-corrected chi connectivity index (χ3v) is 1.34. The SMILES string of the molecule is Cc1ccncc1NCl. The number of nitrogens with one attached hydrogen (secondary N) is 1. The summed E-state index contributed by atoms with van der Waals surface area (Å²) < 4.78 is 0. The summed E-state index contributed by atoms with van der Waals surface area (Å²) in [6.45, 7) is 1.96. The predicted octanol–water partition coefficient (Wildman–Crippen LogP) is 1.96. The van der Waals surface area contributed by atoms with Gasteiger partial charge in [-0.3, -0.25) is 9.82 Å². The van der Waals surface area contributed by atoms with Crippen molar-refractivity contribution in [1.82, 2.24) is 4.98 Å². The van der Waals surface area contributed by atoms with Gasteiger partial charge in [0, 0.05) is 18.0 Å². The van der Waals surface area contributed by atoms with Gasteiger partial charge in [0.2, 0.25) is 0 Å². The fourth-order valence-corrected chi connectivity index (χ4v) is 0.761. The Morgan fingerprint density at radius 2 is 2.44 bits per heavy atom. The number of pyridine rings is 1. The van der Waals surface area contributed by atoms with Crippen molar-refractivity contribution in [2.24, 2.45) is 0 Å². The number of aryl methyl sites for hydroxylation is 1. The molecule has 0 aliphatic heterocycles. The highest BCUT2D eigenvalue weighted by atomic mass is 35.5. The van der Waals surface area contributed by atoms with Gasteiger partial charge in [0.05, 0.1) is 11.9 Å². The molecule has 1 aromatic rings. The summed E-state index contributed by atoms with van der Waals surface area (Å²) >= 11 is 5.34. The van der Waals surface area contributed by atoms with Gasteiger partial charge >= 0.3 is 0 Å². The van der Waals surface area contributed by atoms with Gasteiger partial charge in [-0.25, -0.2) is 0 Å². The molecule has 0 saturated carbocycles. The second-order valence-electron chi connectivity index (χ2n) is 1.79. The first-order valence-corrected chi connectivity index (χ1v) is 2.99. The zero-order valence-corrected chi connectivity index (χ0v) is 5.81. The average molecular weight is 143 g/mol. The monoisotopic (exact) mass is 142 g/mol. The molecule has 0 amide bonds. The molecule has 0 aliphatic rings. The Labute approximate surface area is 59.0 Å². The Kier molecular flexibility index (Phi) is 1.90. The molecule has 0 bridgehead atoms. The molecule has 0 radical (unpaired) electrons. The van der Waals surface area contributed by atoms with E-state index >= 15 is 0 Å². The maximum absolute atomic E-state index is 5.34. The molecule has 0 aliphatic carbocycles. The number of hydrogen-bond acceptors (Lipinski definition) is 2. The summed E-state index contributed by atoms with van der Waals surface area (Å²) in [6, 6.07) is 1.89. The van der Waals surface area contributed by atoms with Crippen LogP contribution in [-0.2, 0) is 0 Å². The van der Waals surface area contributed by atoms with E-state index in [4.69, 9.17) is 11.8 Å². The Hall–Kier alpha value is -0.760. The molecule has 0 spiro atoms. The van der Waals surface area contributed by atoms with Crippen LogP contribution in [0, 0.1) is 6.92 Å². The van der Waals surface area contributed by atoms with E-state index in [0.29, 0.717) is 0 Å². The van der Waals surface area contributed by atoms with Crippen LogP contribution in [-0.4, -0.2) is 4.98 Å². The van der Waals surface area contributed by atoms with Crippen LogP contribution in [0.25, 0.3) is 0 Å². The van der Waals surface area contributed by atoms with E-state index in [1.807, 2.05) is 13.0 Å². The van der Waals surface area contributed by atoms with Crippen molar-refractivity contribution >= 4 is 17.5 Å². The number of rotatable bonds is 1. The lowest BCUT2D eigenvalue weighted by Gasteiger charge is -1.98. The molecular formula is C6H7ClN2. The lowest BCUT2D eigenvalue weighted by Crippen LogP contribution is -1.84. The van der Waals surface area contributed by atoms with Gasteiger partial charge in [-0.05, 0) is 18.6 Å². The maximum Gasteiger partial charge on any atom is 0.0704 e. The standard InChI is InChI=1S/C6H7ClN2/c1-5-2-3-8-4-6(5)9-7/h2-4,9H,1H3. The van der Waals surface area contributed by atoms with Crippen molar-refractivity contribution in [3.8, 4) is 0 Å². The highest BCUT2D eigenvalue weighted by Gasteiger charge is 1.91. The lowest BCUT2D eigenvalue weighted by molar-refractivity contribution is 1.29. The molecule has 0 aromatic carbocycles. The Morgan fingerprint density at radius 3 is 2.89 bits per heavy atom. The lowest BCUT2D eigenvalue weighted by atomic mass is 10.3. The molecule has 48 valence electrons. The van der Waals surface area contributed by atoms with Crippen molar-refractivity contribution < 1.29 is 0 Å². The van der Waals surface area contributed by atoms with Crippen molar-refractivity contribution in [2.45, 2.75) is 6.92 Å². The molecular weight excluding hydrogens is 136 g/mol. The molecule has 0 saturated heterocycles. The fourth-order valence-electron chi connectivity index (χ4n) is 0.563. The number of nitrogens with zero attached hydrogens (tertiary/aromatic N) is 1. The zero-order valence-electron chi connectivity index (χ0n) is 5.06. The predicted molar refractivity (Wildman–Crippen MR) is 38.4 cm³/mol. The molecule has 3 heteroatoms. The van der Waals surface area contributed by atoms with Crippen LogP contribution in [0.2, 0.25) is 0 Å². The van der Waals surface area contributed by atoms with Crippen LogP contribution in [0.1, 0.15) is 5.56 Å². The van der Waals surface area contributed by atoms with Crippen LogP contribution < -0.4 is 4.84 Å². The quantitative estimate of drug-likeness (QED) is 0.607. The summed E-state index contributed by atoms with van der Waals surface area (Å²) in [7, 11) is 0. The van der Waals surface area contributed by atoms with Crippen molar-refractivity contribution in [1.29, 1.82) is 0 Å². The first-order chi connectivity index (χ1) is 4.34.